The molecular formula is C22H27N3O3. The summed E-state index contributed by atoms with van der Waals surface area (Å²) in [5, 5.41) is 4.07. The van der Waals surface area contributed by atoms with Gasteiger partial charge in [0, 0.05) is 29.6 Å². The van der Waals surface area contributed by atoms with Crippen LogP contribution in [0.3, 0.4) is 0 Å². The Hall–Kier alpha value is -2.86. The lowest BCUT2D eigenvalue weighted by Crippen LogP contribution is -2.25. The number of nitrogens with zero attached hydrogens (tertiary/aromatic N) is 3. The summed E-state index contributed by atoms with van der Waals surface area (Å²) in [6, 6.07) is 11.8. The molecule has 0 atom stereocenters. The van der Waals surface area contributed by atoms with Gasteiger partial charge in [0.05, 0.1) is 13.2 Å². The molecule has 0 bridgehead atoms. The van der Waals surface area contributed by atoms with Gasteiger partial charge in [-0.1, -0.05) is 17.3 Å². The Morgan fingerprint density at radius 3 is 2.50 bits per heavy atom. The second-order valence-electron chi connectivity index (χ2n) is 7.09. The van der Waals surface area contributed by atoms with Crippen LogP contribution in [0.2, 0.25) is 0 Å². The number of hydrogen-bond donors (Lipinski definition) is 0. The molecule has 0 N–H and O–H groups in total. The minimum absolute atomic E-state index is 0.0907. The van der Waals surface area contributed by atoms with Crippen LogP contribution in [0.25, 0.3) is 5.82 Å². The number of likely N-dealkylation sites (N-methyl/N-ethyl adjacent to an activating group) is 1. The van der Waals surface area contributed by atoms with Gasteiger partial charge in [-0.3, -0.25) is 14.3 Å². The van der Waals surface area contributed by atoms with Crippen molar-refractivity contribution in [3.63, 3.8) is 0 Å². The Morgan fingerprint density at radius 2 is 1.89 bits per heavy atom. The first-order valence-corrected chi connectivity index (χ1v) is 9.45. The summed E-state index contributed by atoms with van der Waals surface area (Å²) < 4.78 is 12.6. The van der Waals surface area contributed by atoms with Crippen LogP contribution in [0.15, 0.2) is 40.9 Å². The lowest BCUT2D eigenvalue weighted by atomic mass is 10.1. The van der Waals surface area contributed by atoms with Crippen molar-refractivity contribution in [1.82, 2.24) is 14.6 Å². The van der Waals surface area contributed by atoms with Crippen molar-refractivity contribution in [3.05, 3.63) is 64.7 Å². The SMILES string of the molecule is CCOc1ccc(CN(C)CC(=O)c2cc(C)n(-c3cc(C)on3)c2C)cc1. The molecular weight excluding hydrogens is 354 g/mol. The van der Waals surface area contributed by atoms with Gasteiger partial charge in [-0.2, -0.15) is 0 Å². The highest BCUT2D eigenvalue weighted by molar-refractivity contribution is 5.99. The molecule has 2 heterocycles. The van der Waals surface area contributed by atoms with Crippen LogP contribution >= 0.6 is 0 Å². The number of ether oxygens (including phenoxy) is 1. The number of hydrogen-bond acceptors (Lipinski definition) is 5. The highest BCUT2D eigenvalue weighted by atomic mass is 16.5. The van der Waals surface area contributed by atoms with Crippen LogP contribution in [0, 0.1) is 20.8 Å². The zero-order valence-electron chi connectivity index (χ0n) is 17.2. The highest BCUT2D eigenvalue weighted by Crippen LogP contribution is 2.21. The molecule has 28 heavy (non-hydrogen) atoms. The first kappa shape index (κ1) is 19.9. The third-order valence-corrected chi connectivity index (χ3v) is 4.68. The van der Waals surface area contributed by atoms with Gasteiger partial charge in [0.2, 0.25) is 0 Å². The fourth-order valence-corrected chi connectivity index (χ4v) is 3.41. The summed E-state index contributed by atoms with van der Waals surface area (Å²) in [6.45, 7) is 9.42. The van der Waals surface area contributed by atoms with Gasteiger partial charge in [0.25, 0.3) is 0 Å². The van der Waals surface area contributed by atoms with Crippen molar-refractivity contribution >= 4 is 5.78 Å². The first-order chi connectivity index (χ1) is 13.4. The van der Waals surface area contributed by atoms with E-state index in [1.807, 2.05) is 80.6 Å². The van der Waals surface area contributed by atoms with Crippen LogP contribution < -0.4 is 4.74 Å². The molecule has 3 rings (SSSR count). The minimum Gasteiger partial charge on any atom is -0.494 e. The fourth-order valence-electron chi connectivity index (χ4n) is 3.41. The molecule has 0 spiro atoms. The Balaban J connectivity index is 1.69. The molecule has 3 aromatic rings. The highest BCUT2D eigenvalue weighted by Gasteiger charge is 2.19. The molecule has 0 fully saturated rings. The molecule has 148 valence electrons. The molecule has 1 aromatic carbocycles. The van der Waals surface area contributed by atoms with Crippen molar-refractivity contribution in [2.24, 2.45) is 0 Å². The molecule has 2 aromatic heterocycles. The van der Waals surface area contributed by atoms with E-state index in [9.17, 15) is 4.79 Å². The summed E-state index contributed by atoms with van der Waals surface area (Å²) in [7, 11) is 1.95. The Bertz CT molecular complexity index is 954. The van der Waals surface area contributed by atoms with Gasteiger partial charge in [-0.25, -0.2) is 0 Å². The lowest BCUT2D eigenvalue weighted by molar-refractivity contribution is 0.0942. The van der Waals surface area contributed by atoms with Crippen molar-refractivity contribution in [3.8, 4) is 11.6 Å². The number of ketones is 1. The lowest BCUT2D eigenvalue weighted by Gasteiger charge is -2.16. The molecule has 0 aliphatic carbocycles. The van der Waals surface area contributed by atoms with Crippen LogP contribution in [0.1, 0.15) is 40.0 Å². The van der Waals surface area contributed by atoms with Crippen molar-refractivity contribution in [2.75, 3.05) is 20.2 Å². The normalized spacial score (nSPS) is 11.2. The summed E-state index contributed by atoms with van der Waals surface area (Å²) in [6.07, 6.45) is 0. The number of aromatic nitrogens is 2. The molecule has 0 radical (unpaired) electrons. The third kappa shape index (κ3) is 4.34. The standard InChI is InChI=1S/C22H27N3O3/c1-6-27-19-9-7-18(8-10-19)13-24(5)14-21(26)20-11-15(2)25(17(20)4)22-12-16(3)28-23-22/h7-12H,6,13-14H2,1-5H3. The Kier molecular flexibility index (Phi) is 5.99. The molecule has 0 saturated heterocycles. The maximum absolute atomic E-state index is 12.9. The molecule has 0 amide bonds. The quantitative estimate of drug-likeness (QED) is 0.550. The van der Waals surface area contributed by atoms with Crippen molar-refractivity contribution in [2.45, 2.75) is 34.2 Å². The topological polar surface area (TPSA) is 60.5 Å². The third-order valence-electron chi connectivity index (χ3n) is 4.68. The van der Waals surface area contributed by atoms with Gasteiger partial charge in [0.15, 0.2) is 11.6 Å². The van der Waals surface area contributed by atoms with E-state index in [-0.39, 0.29) is 5.78 Å². The fraction of sp³-hybridized carbons (Fsp3) is 0.364. The average Bonchev–Trinajstić information content (AvgIpc) is 3.19. The monoisotopic (exact) mass is 381 g/mol. The van der Waals surface area contributed by atoms with Crippen LogP contribution in [-0.4, -0.2) is 40.6 Å². The second-order valence-corrected chi connectivity index (χ2v) is 7.09. The Morgan fingerprint density at radius 1 is 1.18 bits per heavy atom. The number of carbonyl (C=O) groups is 1. The number of aryl methyl sites for hydroxylation is 2. The van der Waals surface area contributed by atoms with E-state index in [0.29, 0.717) is 25.5 Å². The number of rotatable bonds is 8. The molecule has 0 aliphatic heterocycles. The summed E-state index contributed by atoms with van der Waals surface area (Å²) in [5.41, 5.74) is 3.70. The van der Waals surface area contributed by atoms with E-state index in [1.54, 1.807) is 0 Å². The largest absolute Gasteiger partial charge is 0.494 e. The molecule has 6 nitrogen and oxygen atoms in total. The number of Topliss-reactive ketones (excluding diaryl/α,β-unsaturated/α-hetero) is 1. The van der Waals surface area contributed by atoms with E-state index in [0.717, 1.165) is 34.0 Å². The van der Waals surface area contributed by atoms with Gasteiger partial charge in [0.1, 0.15) is 11.5 Å². The van der Waals surface area contributed by atoms with Gasteiger partial charge in [-0.05, 0) is 58.5 Å². The van der Waals surface area contributed by atoms with E-state index in [1.165, 1.54) is 0 Å². The van der Waals surface area contributed by atoms with Crippen LogP contribution in [0.5, 0.6) is 5.75 Å². The van der Waals surface area contributed by atoms with E-state index in [4.69, 9.17) is 9.26 Å². The molecule has 0 unspecified atom stereocenters. The average molecular weight is 381 g/mol. The first-order valence-electron chi connectivity index (χ1n) is 9.45. The van der Waals surface area contributed by atoms with E-state index >= 15 is 0 Å². The van der Waals surface area contributed by atoms with Crippen LogP contribution in [-0.2, 0) is 6.54 Å². The maximum atomic E-state index is 12.9. The van der Waals surface area contributed by atoms with E-state index in [2.05, 4.69) is 5.16 Å². The van der Waals surface area contributed by atoms with Gasteiger partial charge < -0.3 is 9.26 Å². The second kappa shape index (κ2) is 8.44. The summed E-state index contributed by atoms with van der Waals surface area (Å²) in [5.74, 6) is 2.40. The van der Waals surface area contributed by atoms with Gasteiger partial charge in [-0.15, -0.1) is 0 Å². The molecule has 6 heteroatoms. The van der Waals surface area contributed by atoms with E-state index < -0.39 is 0 Å². The molecule has 0 saturated carbocycles. The van der Waals surface area contributed by atoms with Crippen molar-refractivity contribution < 1.29 is 14.1 Å². The Labute approximate surface area is 165 Å². The minimum atomic E-state index is 0.0907. The van der Waals surface area contributed by atoms with Crippen molar-refractivity contribution in [1.29, 1.82) is 0 Å². The zero-order chi connectivity index (χ0) is 20.3. The zero-order valence-corrected chi connectivity index (χ0v) is 17.2. The molecule has 0 aliphatic rings. The van der Waals surface area contributed by atoms with Gasteiger partial charge >= 0.3 is 0 Å². The smallest absolute Gasteiger partial charge is 0.180 e. The maximum Gasteiger partial charge on any atom is 0.180 e. The number of carbonyl (C=O) groups excluding carboxylic acids is 1. The number of benzene rings is 1. The predicted octanol–water partition coefficient (Wildman–Crippen LogP) is 4.10. The summed E-state index contributed by atoms with van der Waals surface area (Å²) >= 11 is 0. The summed E-state index contributed by atoms with van der Waals surface area (Å²) in [4.78, 5) is 14.9. The van der Waals surface area contributed by atoms with Crippen LogP contribution in [0.4, 0.5) is 0 Å². The predicted molar refractivity (Wildman–Crippen MR) is 108 cm³/mol.